The molecule has 0 radical (unpaired) electrons. The molecule has 0 spiro atoms. The SMILES string of the molecule is CN(c1nc(N)nc(-n2cccn2)n1)C1CCCCCC1. The number of nitrogens with two attached hydrogens (primary N) is 1. The van der Waals surface area contributed by atoms with Gasteiger partial charge < -0.3 is 10.6 Å². The van der Waals surface area contributed by atoms with Crippen LogP contribution in [0, 0.1) is 0 Å². The van der Waals surface area contributed by atoms with Gasteiger partial charge in [-0.15, -0.1) is 0 Å². The minimum Gasteiger partial charge on any atom is -0.368 e. The van der Waals surface area contributed by atoms with Gasteiger partial charge in [-0.1, -0.05) is 25.7 Å². The van der Waals surface area contributed by atoms with E-state index >= 15 is 0 Å². The number of anilines is 2. The molecule has 2 aromatic heterocycles. The molecule has 1 aliphatic carbocycles. The fraction of sp³-hybridized carbons (Fsp3) is 0.571. The van der Waals surface area contributed by atoms with Crippen LogP contribution in [0.2, 0.25) is 0 Å². The van der Waals surface area contributed by atoms with E-state index in [9.17, 15) is 0 Å². The number of rotatable bonds is 3. The highest BCUT2D eigenvalue weighted by molar-refractivity contribution is 5.38. The highest BCUT2D eigenvalue weighted by atomic mass is 15.4. The molecule has 7 nitrogen and oxygen atoms in total. The van der Waals surface area contributed by atoms with Crippen LogP contribution in [0.4, 0.5) is 11.9 Å². The van der Waals surface area contributed by atoms with E-state index in [0.29, 0.717) is 17.9 Å². The maximum Gasteiger partial charge on any atom is 0.257 e. The van der Waals surface area contributed by atoms with Crippen molar-refractivity contribution in [2.24, 2.45) is 0 Å². The Hall–Kier alpha value is -2.18. The number of nitrogen functional groups attached to an aromatic ring is 1. The van der Waals surface area contributed by atoms with Crippen molar-refractivity contribution in [3.63, 3.8) is 0 Å². The van der Waals surface area contributed by atoms with Gasteiger partial charge in [-0.05, 0) is 18.9 Å². The first-order chi connectivity index (χ1) is 10.2. The Kier molecular flexibility index (Phi) is 3.98. The molecule has 0 atom stereocenters. The summed E-state index contributed by atoms with van der Waals surface area (Å²) in [6.07, 6.45) is 11.0. The average Bonchev–Trinajstić information content (AvgIpc) is 2.89. The summed E-state index contributed by atoms with van der Waals surface area (Å²) in [7, 11) is 2.04. The van der Waals surface area contributed by atoms with Crippen molar-refractivity contribution in [3.05, 3.63) is 18.5 Å². The van der Waals surface area contributed by atoms with Crippen LogP contribution in [-0.2, 0) is 0 Å². The van der Waals surface area contributed by atoms with Gasteiger partial charge in [-0.25, -0.2) is 4.68 Å². The average molecular weight is 287 g/mol. The summed E-state index contributed by atoms with van der Waals surface area (Å²) in [5.74, 6) is 1.31. The molecule has 0 amide bonds. The molecule has 0 saturated heterocycles. The lowest BCUT2D eigenvalue weighted by molar-refractivity contribution is 0.543. The monoisotopic (exact) mass is 287 g/mol. The summed E-state index contributed by atoms with van der Waals surface area (Å²) >= 11 is 0. The molecule has 2 heterocycles. The second kappa shape index (κ2) is 6.07. The lowest BCUT2D eigenvalue weighted by Gasteiger charge is -2.27. The first kappa shape index (κ1) is 13.8. The maximum atomic E-state index is 5.83. The quantitative estimate of drug-likeness (QED) is 0.866. The van der Waals surface area contributed by atoms with Crippen LogP contribution in [-0.4, -0.2) is 37.8 Å². The van der Waals surface area contributed by atoms with Crippen molar-refractivity contribution in [1.29, 1.82) is 0 Å². The van der Waals surface area contributed by atoms with E-state index in [1.54, 1.807) is 17.1 Å². The zero-order valence-corrected chi connectivity index (χ0v) is 12.3. The number of hydrogen-bond acceptors (Lipinski definition) is 6. The zero-order chi connectivity index (χ0) is 14.7. The van der Waals surface area contributed by atoms with Crippen LogP contribution < -0.4 is 10.6 Å². The van der Waals surface area contributed by atoms with E-state index in [1.165, 1.54) is 38.5 Å². The Labute approximate surface area is 124 Å². The largest absolute Gasteiger partial charge is 0.368 e. The van der Waals surface area contributed by atoms with Crippen LogP contribution in [0.3, 0.4) is 0 Å². The van der Waals surface area contributed by atoms with Gasteiger partial charge in [0, 0.05) is 25.5 Å². The molecular weight excluding hydrogens is 266 g/mol. The van der Waals surface area contributed by atoms with Gasteiger partial charge in [0.15, 0.2) is 0 Å². The number of aromatic nitrogens is 5. The summed E-state index contributed by atoms with van der Waals surface area (Å²) in [6.45, 7) is 0. The van der Waals surface area contributed by atoms with Crippen LogP contribution in [0.5, 0.6) is 0 Å². The molecule has 0 bridgehead atoms. The van der Waals surface area contributed by atoms with Gasteiger partial charge in [0.1, 0.15) is 0 Å². The molecule has 7 heteroatoms. The molecule has 0 unspecified atom stereocenters. The Morgan fingerprint density at radius 3 is 2.57 bits per heavy atom. The third kappa shape index (κ3) is 3.12. The van der Waals surface area contributed by atoms with Gasteiger partial charge in [0.2, 0.25) is 11.9 Å². The van der Waals surface area contributed by atoms with Crippen molar-refractivity contribution in [2.45, 2.75) is 44.6 Å². The van der Waals surface area contributed by atoms with Crippen molar-refractivity contribution in [3.8, 4) is 5.95 Å². The van der Waals surface area contributed by atoms with Gasteiger partial charge in [-0.3, -0.25) is 0 Å². The predicted molar refractivity (Wildman–Crippen MR) is 81.3 cm³/mol. The van der Waals surface area contributed by atoms with E-state index in [1.807, 2.05) is 13.1 Å². The third-order valence-electron chi connectivity index (χ3n) is 4.03. The second-order valence-electron chi connectivity index (χ2n) is 5.50. The highest BCUT2D eigenvalue weighted by Crippen LogP contribution is 2.24. The molecule has 0 aliphatic heterocycles. The maximum absolute atomic E-state index is 5.83. The van der Waals surface area contributed by atoms with Gasteiger partial charge in [0.25, 0.3) is 5.95 Å². The summed E-state index contributed by atoms with van der Waals surface area (Å²) in [6, 6.07) is 2.30. The summed E-state index contributed by atoms with van der Waals surface area (Å²) in [5.41, 5.74) is 5.83. The summed E-state index contributed by atoms with van der Waals surface area (Å²) < 4.78 is 1.60. The van der Waals surface area contributed by atoms with Crippen LogP contribution in [0.15, 0.2) is 18.5 Å². The smallest absolute Gasteiger partial charge is 0.257 e. The molecular formula is C14H21N7. The molecule has 1 fully saturated rings. The van der Waals surface area contributed by atoms with E-state index < -0.39 is 0 Å². The van der Waals surface area contributed by atoms with Crippen LogP contribution in [0.25, 0.3) is 5.95 Å². The molecule has 3 rings (SSSR count). The van der Waals surface area contributed by atoms with Crippen LogP contribution >= 0.6 is 0 Å². The molecule has 0 aromatic carbocycles. The molecule has 21 heavy (non-hydrogen) atoms. The predicted octanol–water partition coefficient (Wildman–Crippen LogP) is 1.80. The van der Waals surface area contributed by atoms with E-state index in [2.05, 4.69) is 25.0 Å². The zero-order valence-electron chi connectivity index (χ0n) is 12.3. The Morgan fingerprint density at radius 1 is 1.14 bits per heavy atom. The highest BCUT2D eigenvalue weighted by Gasteiger charge is 2.20. The fourth-order valence-electron chi connectivity index (χ4n) is 2.83. The summed E-state index contributed by atoms with van der Waals surface area (Å²) in [5, 5.41) is 4.15. The van der Waals surface area contributed by atoms with Gasteiger partial charge in [-0.2, -0.15) is 20.1 Å². The Balaban J connectivity index is 1.87. The molecule has 1 aliphatic rings. The van der Waals surface area contributed by atoms with Gasteiger partial charge in [0.05, 0.1) is 0 Å². The van der Waals surface area contributed by atoms with Gasteiger partial charge >= 0.3 is 0 Å². The van der Waals surface area contributed by atoms with Crippen molar-refractivity contribution >= 4 is 11.9 Å². The Bertz CT molecular complexity index is 573. The van der Waals surface area contributed by atoms with E-state index in [4.69, 9.17) is 5.73 Å². The molecule has 1 saturated carbocycles. The number of hydrogen-bond donors (Lipinski definition) is 1. The van der Waals surface area contributed by atoms with E-state index in [0.717, 1.165) is 0 Å². The minimum atomic E-state index is 0.228. The molecule has 2 N–H and O–H groups in total. The van der Waals surface area contributed by atoms with Crippen molar-refractivity contribution < 1.29 is 0 Å². The minimum absolute atomic E-state index is 0.228. The Morgan fingerprint density at radius 2 is 1.90 bits per heavy atom. The van der Waals surface area contributed by atoms with E-state index in [-0.39, 0.29) is 5.95 Å². The standard InChI is InChI=1S/C14H21N7/c1-20(11-7-4-2-3-5-8-11)13-17-12(15)18-14(19-13)21-10-6-9-16-21/h6,9-11H,2-5,7-8H2,1H3,(H2,15,17,18,19). The topological polar surface area (TPSA) is 85.8 Å². The fourth-order valence-corrected chi connectivity index (χ4v) is 2.83. The summed E-state index contributed by atoms with van der Waals surface area (Å²) in [4.78, 5) is 15.1. The molecule has 112 valence electrons. The lowest BCUT2D eigenvalue weighted by atomic mass is 10.1. The molecule has 2 aromatic rings. The third-order valence-corrected chi connectivity index (χ3v) is 4.03. The van der Waals surface area contributed by atoms with Crippen LogP contribution in [0.1, 0.15) is 38.5 Å². The lowest BCUT2D eigenvalue weighted by Crippen LogP contribution is -2.33. The first-order valence-corrected chi connectivity index (χ1v) is 7.48. The van der Waals surface area contributed by atoms with Crippen molar-refractivity contribution in [1.82, 2.24) is 24.7 Å². The second-order valence-corrected chi connectivity index (χ2v) is 5.50. The van der Waals surface area contributed by atoms with Crippen molar-refractivity contribution in [2.75, 3.05) is 17.7 Å². The number of nitrogens with zero attached hydrogens (tertiary/aromatic N) is 6. The normalized spacial score (nSPS) is 16.6. The first-order valence-electron chi connectivity index (χ1n) is 7.48.